The fourth-order valence-corrected chi connectivity index (χ4v) is 2.07. The molecule has 1 aliphatic rings. The van der Waals surface area contributed by atoms with E-state index in [2.05, 4.69) is 5.32 Å². The van der Waals surface area contributed by atoms with Gasteiger partial charge in [0, 0.05) is 24.5 Å². The number of carbonyl (C=O) groups excluding carboxylic acids is 3. The molecule has 1 aliphatic heterocycles. The molecule has 0 unspecified atom stereocenters. The lowest BCUT2D eigenvalue weighted by Gasteiger charge is -2.13. The Morgan fingerprint density at radius 3 is 2.63 bits per heavy atom. The number of imide groups is 1. The van der Waals surface area contributed by atoms with E-state index >= 15 is 0 Å². The van der Waals surface area contributed by atoms with Crippen molar-refractivity contribution in [2.24, 2.45) is 0 Å². The van der Waals surface area contributed by atoms with Gasteiger partial charge in [-0.1, -0.05) is 18.5 Å². The lowest BCUT2D eigenvalue weighted by molar-refractivity contribution is -0.120. The summed E-state index contributed by atoms with van der Waals surface area (Å²) in [7, 11) is 0. The van der Waals surface area contributed by atoms with Crippen molar-refractivity contribution in [2.45, 2.75) is 13.3 Å². The zero-order valence-corrected chi connectivity index (χ0v) is 11.2. The molecular formula is C13H13ClN2O3. The number of fused-ring (bicyclic) bond motifs is 1. The van der Waals surface area contributed by atoms with Crippen molar-refractivity contribution in [2.75, 3.05) is 13.1 Å². The molecule has 0 saturated heterocycles. The number of hydrogen-bond acceptors (Lipinski definition) is 3. The van der Waals surface area contributed by atoms with E-state index in [1.165, 1.54) is 6.07 Å². The van der Waals surface area contributed by atoms with E-state index in [0.29, 0.717) is 22.6 Å². The van der Waals surface area contributed by atoms with Gasteiger partial charge in [0.25, 0.3) is 11.8 Å². The van der Waals surface area contributed by atoms with Crippen LogP contribution in [0.15, 0.2) is 18.2 Å². The van der Waals surface area contributed by atoms with Gasteiger partial charge in [-0.2, -0.15) is 0 Å². The highest BCUT2D eigenvalue weighted by Gasteiger charge is 2.35. The van der Waals surface area contributed by atoms with Gasteiger partial charge < -0.3 is 5.32 Å². The van der Waals surface area contributed by atoms with Crippen LogP contribution in [0.5, 0.6) is 0 Å². The van der Waals surface area contributed by atoms with Crippen LogP contribution in [0.25, 0.3) is 0 Å². The molecule has 0 aromatic heterocycles. The first-order valence-electron chi connectivity index (χ1n) is 5.97. The zero-order chi connectivity index (χ0) is 14.0. The average molecular weight is 281 g/mol. The lowest BCUT2D eigenvalue weighted by atomic mass is 10.1. The fourth-order valence-electron chi connectivity index (χ4n) is 1.90. The van der Waals surface area contributed by atoms with Gasteiger partial charge in [-0.05, 0) is 18.2 Å². The van der Waals surface area contributed by atoms with Crippen molar-refractivity contribution in [3.05, 3.63) is 34.3 Å². The van der Waals surface area contributed by atoms with E-state index in [1.54, 1.807) is 19.1 Å². The van der Waals surface area contributed by atoms with Gasteiger partial charge in [0.15, 0.2) is 0 Å². The Labute approximate surface area is 115 Å². The molecule has 0 aliphatic carbocycles. The minimum absolute atomic E-state index is 0.111. The summed E-state index contributed by atoms with van der Waals surface area (Å²) in [6.07, 6.45) is 0.373. The SMILES string of the molecule is CCC(=O)NCCN1C(=O)c2ccc(Cl)cc2C1=O. The molecular weight excluding hydrogens is 268 g/mol. The smallest absolute Gasteiger partial charge is 0.261 e. The van der Waals surface area contributed by atoms with Crippen molar-refractivity contribution < 1.29 is 14.4 Å². The number of nitrogens with zero attached hydrogens (tertiary/aromatic N) is 1. The molecule has 2 rings (SSSR count). The minimum atomic E-state index is -0.367. The van der Waals surface area contributed by atoms with Crippen LogP contribution in [0.1, 0.15) is 34.1 Å². The van der Waals surface area contributed by atoms with Crippen molar-refractivity contribution in [3.63, 3.8) is 0 Å². The third-order valence-electron chi connectivity index (χ3n) is 2.91. The Morgan fingerprint density at radius 2 is 1.95 bits per heavy atom. The second-order valence-electron chi connectivity index (χ2n) is 4.16. The summed E-state index contributed by atoms with van der Waals surface area (Å²) in [5.74, 6) is -0.824. The van der Waals surface area contributed by atoms with Gasteiger partial charge in [-0.25, -0.2) is 0 Å². The van der Waals surface area contributed by atoms with Gasteiger partial charge in [0.1, 0.15) is 0 Å². The van der Waals surface area contributed by atoms with Gasteiger partial charge in [0.2, 0.25) is 5.91 Å². The summed E-state index contributed by atoms with van der Waals surface area (Å²) in [5, 5.41) is 3.04. The molecule has 1 aromatic carbocycles. The van der Waals surface area contributed by atoms with Gasteiger partial charge >= 0.3 is 0 Å². The molecule has 0 radical (unpaired) electrons. The van der Waals surface area contributed by atoms with Crippen molar-refractivity contribution in [1.29, 1.82) is 0 Å². The number of hydrogen-bond donors (Lipinski definition) is 1. The maximum atomic E-state index is 12.0. The Hall–Kier alpha value is -1.88. The quantitative estimate of drug-likeness (QED) is 0.849. The fraction of sp³-hybridized carbons (Fsp3) is 0.308. The summed E-state index contributed by atoms with van der Waals surface area (Å²) in [6, 6.07) is 4.61. The minimum Gasteiger partial charge on any atom is -0.354 e. The molecule has 3 amide bonds. The summed E-state index contributed by atoms with van der Waals surface area (Å²) < 4.78 is 0. The Morgan fingerprint density at radius 1 is 1.26 bits per heavy atom. The first-order valence-corrected chi connectivity index (χ1v) is 6.35. The van der Waals surface area contributed by atoms with Crippen LogP contribution in [0.2, 0.25) is 5.02 Å². The Kier molecular flexibility index (Phi) is 3.85. The normalized spacial score (nSPS) is 13.7. The first kappa shape index (κ1) is 13.5. The van der Waals surface area contributed by atoms with Crippen LogP contribution in [0, 0.1) is 0 Å². The highest BCUT2D eigenvalue weighted by atomic mass is 35.5. The number of nitrogens with one attached hydrogen (secondary N) is 1. The van der Waals surface area contributed by atoms with E-state index in [9.17, 15) is 14.4 Å². The van der Waals surface area contributed by atoms with Crippen LogP contribution >= 0.6 is 11.6 Å². The van der Waals surface area contributed by atoms with Crippen molar-refractivity contribution in [3.8, 4) is 0 Å². The predicted octanol–water partition coefficient (Wildman–Crippen LogP) is 1.46. The molecule has 5 nitrogen and oxygen atoms in total. The molecule has 1 aromatic rings. The number of amides is 3. The molecule has 0 fully saturated rings. The standard InChI is InChI=1S/C13H13ClN2O3/c1-2-11(17)15-5-6-16-12(18)9-4-3-8(14)7-10(9)13(16)19/h3-4,7H,2,5-6H2,1H3,(H,15,17). The van der Waals surface area contributed by atoms with E-state index in [0.717, 1.165) is 4.90 Å². The van der Waals surface area contributed by atoms with Crippen LogP contribution in [-0.2, 0) is 4.79 Å². The van der Waals surface area contributed by atoms with Gasteiger partial charge in [-0.15, -0.1) is 0 Å². The summed E-state index contributed by atoms with van der Waals surface area (Å²) in [5.41, 5.74) is 0.676. The molecule has 0 saturated carbocycles. The maximum Gasteiger partial charge on any atom is 0.261 e. The molecule has 0 spiro atoms. The number of halogens is 1. The molecule has 6 heteroatoms. The third kappa shape index (κ3) is 2.61. The first-order chi connectivity index (χ1) is 9.04. The second-order valence-corrected chi connectivity index (χ2v) is 4.59. The highest BCUT2D eigenvalue weighted by Crippen LogP contribution is 2.25. The topological polar surface area (TPSA) is 66.5 Å². The van der Waals surface area contributed by atoms with Crippen molar-refractivity contribution in [1.82, 2.24) is 10.2 Å². The zero-order valence-electron chi connectivity index (χ0n) is 10.4. The van der Waals surface area contributed by atoms with Gasteiger partial charge in [0.05, 0.1) is 11.1 Å². The molecule has 1 heterocycles. The van der Waals surface area contributed by atoms with Crippen LogP contribution in [-0.4, -0.2) is 35.7 Å². The molecule has 1 N–H and O–H groups in total. The van der Waals surface area contributed by atoms with E-state index in [1.807, 2.05) is 0 Å². The van der Waals surface area contributed by atoms with Crippen LogP contribution in [0.4, 0.5) is 0 Å². The number of benzene rings is 1. The number of rotatable bonds is 4. The average Bonchev–Trinajstić information content (AvgIpc) is 2.63. The second kappa shape index (κ2) is 5.40. The van der Waals surface area contributed by atoms with Gasteiger partial charge in [-0.3, -0.25) is 19.3 Å². The largest absolute Gasteiger partial charge is 0.354 e. The maximum absolute atomic E-state index is 12.0. The Balaban J connectivity index is 2.08. The summed E-state index contributed by atoms with van der Waals surface area (Å²) in [4.78, 5) is 36.3. The highest BCUT2D eigenvalue weighted by molar-refractivity contribution is 6.32. The Bertz CT molecular complexity index is 557. The van der Waals surface area contributed by atoms with E-state index in [4.69, 9.17) is 11.6 Å². The van der Waals surface area contributed by atoms with E-state index < -0.39 is 0 Å². The monoisotopic (exact) mass is 280 g/mol. The lowest BCUT2D eigenvalue weighted by Crippen LogP contribution is -2.37. The molecule has 100 valence electrons. The van der Waals surface area contributed by atoms with Crippen LogP contribution < -0.4 is 5.32 Å². The molecule has 0 atom stereocenters. The van der Waals surface area contributed by atoms with Crippen molar-refractivity contribution >= 4 is 29.3 Å². The third-order valence-corrected chi connectivity index (χ3v) is 3.15. The molecule has 0 bridgehead atoms. The summed E-state index contributed by atoms with van der Waals surface area (Å²) in [6.45, 7) is 2.15. The molecule has 19 heavy (non-hydrogen) atoms. The predicted molar refractivity (Wildman–Crippen MR) is 70.1 cm³/mol. The van der Waals surface area contributed by atoms with E-state index in [-0.39, 0.29) is 30.8 Å². The van der Waals surface area contributed by atoms with Crippen LogP contribution in [0.3, 0.4) is 0 Å². The summed E-state index contributed by atoms with van der Waals surface area (Å²) >= 11 is 5.81. The number of carbonyl (C=O) groups is 3.